The normalized spacial score (nSPS) is 23.5. The van der Waals surface area contributed by atoms with Crippen LogP contribution in [0.25, 0.3) is 11.1 Å². The molecule has 21 heavy (non-hydrogen) atoms. The third-order valence-electron chi connectivity index (χ3n) is 4.56. The molecule has 3 heteroatoms. The molecule has 106 valence electrons. The van der Waals surface area contributed by atoms with Gasteiger partial charge >= 0.3 is 0 Å². The Hall–Kier alpha value is -2.29. The minimum absolute atomic E-state index is 0.151. The summed E-state index contributed by atoms with van der Waals surface area (Å²) in [6.07, 6.45) is 2.96. The van der Waals surface area contributed by atoms with Crippen molar-refractivity contribution >= 4 is 6.02 Å². The van der Waals surface area contributed by atoms with Crippen LogP contribution >= 0.6 is 0 Å². The molecule has 1 unspecified atom stereocenters. The Bertz CT molecular complexity index is 708. The van der Waals surface area contributed by atoms with E-state index in [0.717, 1.165) is 19.3 Å². The van der Waals surface area contributed by atoms with Crippen molar-refractivity contribution in [2.75, 3.05) is 6.61 Å². The van der Waals surface area contributed by atoms with Gasteiger partial charge in [0, 0.05) is 6.42 Å². The van der Waals surface area contributed by atoms with Gasteiger partial charge in [0.15, 0.2) is 0 Å². The van der Waals surface area contributed by atoms with Crippen LogP contribution in [0.15, 0.2) is 53.5 Å². The highest BCUT2D eigenvalue weighted by molar-refractivity contribution is 5.75. The first-order valence-electron chi connectivity index (χ1n) is 7.40. The number of aliphatic imine (C=N–C) groups is 1. The summed E-state index contributed by atoms with van der Waals surface area (Å²) in [7, 11) is 0. The van der Waals surface area contributed by atoms with Crippen LogP contribution in [0, 0.1) is 0 Å². The Balaban J connectivity index is 1.80. The van der Waals surface area contributed by atoms with Gasteiger partial charge in [-0.05, 0) is 35.1 Å². The van der Waals surface area contributed by atoms with Crippen molar-refractivity contribution in [2.24, 2.45) is 10.7 Å². The quantitative estimate of drug-likeness (QED) is 0.872. The first-order chi connectivity index (χ1) is 10.3. The summed E-state index contributed by atoms with van der Waals surface area (Å²) in [4.78, 5) is 4.59. The van der Waals surface area contributed by atoms with Crippen molar-refractivity contribution in [3.63, 3.8) is 0 Å². The number of rotatable bonds is 1. The summed E-state index contributed by atoms with van der Waals surface area (Å²) in [5.74, 6) is 0. The Kier molecular flexibility index (Phi) is 2.74. The summed E-state index contributed by atoms with van der Waals surface area (Å²) >= 11 is 0. The zero-order valence-corrected chi connectivity index (χ0v) is 11.9. The first kappa shape index (κ1) is 12.5. The topological polar surface area (TPSA) is 47.6 Å². The molecule has 1 heterocycles. The third-order valence-corrected chi connectivity index (χ3v) is 4.56. The first-order valence-corrected chi connectivity index (χ1v) is 7.40. The fraction of sp³-hybridized carbons (Fsp3) is 0.278. The monoisotopic (exact) mass is 278 g/mol. The van der Waals surface area contributed by atoms with Crippen LogP contribution in [-0.4, -0.2) is 18.2 Å². The number of hydrogen-bond donors (Lipinski definition) is 1. The molecular formula is C18H18N2O. The molecule has 4 rings (SSSR count). The van der Waals surface area contributed by atoms with Crippen LogP contribution in [0.4, 0.5) is 0 Å². The molecule has 0 radical (unpaired) electrons. The second-order valence-corrected chi connectivity index (χ2v) is 5.95. The number of fused-ring (bicyclic) bond motifs is 1. The van der Waals surface area contributed by atoms with Crippen molar-refractivity contribution < 1.29 is 4.74 Å². The smallest absolute Gasteiger partial charge is 0.282 e. The molecule has 2 aromatic rings. The van der Waals surface area contributed by atoms with E-state index >= 15 is 0 Å². The van der Waals surface area contributed by atoms with Gasteiger partial charge in [0.25, 0.3) is 6.02 Å². The van der Waals surface area contributed by atoms with Gasteiger partial charge < -0.3 is 10.5 Å². The van der Waals surface area contributed by atoms with Crippen LogP contribution in [0.1, 0.15) is 17.5 Å². The maximum atomic E-state index is 5.74. The molecule has 3 nitrogen and oxygen atoms in total. The lowest BCUT2D eigenvalue weighted by atomic mass is 9.76. The SMILES string of the molecule is NC1=NC2(CCc3cccc(-c4ccccc4)c3C2)CO1. The molecule has 0 aromatic heterocycles. The lowest BCUT2D eigenvalue weighted by Crippen LogP contribution is -2.35. The van der Waals surface area contributed by atoms with Gasteiger partial charge in [-0.3, -0.25) is 0 Å². The minimum Gasteiger partial charge on any atom is -0.463 e. The lowest BCUT2D eigenvalue weighted by Gasteiger charge is -2.31. The maximum Gasteiger partial charge on any atom is 0.282 e. The standard InChI is InChI=1S/C18H18N2O/c19-17-20-18(12-21-17)10-9-14-7-4-8-15(16(14)11-18)13-5-2-1-3-6-13/h1-8H,9-12H2,(H2,19,20). The van der Waals surface area contributed by atoms with Crippen molar-refractivity contribution in [1.29, 1.82) is 0 Å². The van der Waals surface area contributed by atoms with Crippen LogP contribution in [0.2, 0.25) is 0 Å². The highest BCUT2D eigenvalue weighted by Gasteiger charge is 2.40. The predicted octanol–water partition coefficient (Wildman–Crippen LogP) is 2.93. The molecular weight excluding hydrogens is 260 g/mol. The van der Waals surface area contributed by atoms with Crippen molar-refractivity contribution in [2.45, 2.75) is 24.8 Å². The van der Waals surface area contributed by atoms with E-state index in [4.69, 9.17) is 10.5 Å². The summed E-state index contributed by atoms with van der Waals surface area (Å²) in [5.41, 5.74) is 11.0. The largest absolute Gasteiger partial charge is 0.463 e. The van der Waals surface area contributed by atoms with Gasteiger partial charge in [-0.1, -0.05) is 48.5 Å². The van der Waals surface area contributed by atoms with E-state index in [1.807, 2.05) is 0 Å². The van der Waals surface area contributed by atoms with Crippen molar-refractivity contribution in [3.05, 3.63) is 59.7 Å². The zero-order valence-electron chi connectivity index (χ0n) is 11.9. The van der Waals surface area contributed by atoms with Crippen LogP contribution in [0.5, 0.6) is 0 Å². The Morgan fingerprint density at radius 2 is 1.90 bits per heavy atom. The van der Waals surface area contributed by atoms with Gasteiger partial charge in [-0.15, -0.1) is 0 Å². The molecule has 1 spiro atoms. The number of benzene rings is 2. The van der Waals surface area contributed by atoms with Gasteiger partial charge in [0.05, 0.1) is 0 Å². The van der Waals surface area contributed by atoms with Gasteiger partial charge in [0.1, 0.15) is 12.1 Å². The van der Waals surface area contributed by atoms with Crippen LogP contribution < -0.4 is 5.73 Å². The number of aryl methyl sites for hydroxylation is 1. The van der Waals surface area contributed by atoms with Crippen LogP contribution in [-0.2, 0) is 17.6 Å². The second kappa shape index (κ2) is 4.62. The van der Waals surface area contributed by atoms with E-state index in [1.54, 1.807) is 0 Å². The van der Waals surface area contributed by atoms with Gasteiger partial charge in [0.2, 0.25) is 0 Å². The minimum atomic E-state index is -0.151. The Morgan fingerprint density at radius 1 is 1.05 bits per heavy atom. The van der Waals surface area contributed by atoms with E-state index in [0.29, 0.717) is 12.6 Å². The average Bonchev–Trinajstić information content (AvgIpc) is 2.88. The fourth-order valence-corrected chi connectivity index (χ4v) is 3.48. The lowest BCUT2D eigenvalue weighted by molar-refractivity contribution is 0.235. The molecule has 1 aliphatic heterocycles. The van der Waals surface area contributed by atoms with Crippen LogP contribution in [0.3, 0.4) is 0 Å². The van der Waals surface area contributed by atoms with E-state index < -0.39 is 0 Å². The highest BCUT2D eigenvalue weighted by Crippen LogP contribution is 2.38. The highest BCUT2D eigenvalue weighted by atomic mass is 16.5. The number of nitrogens with zero attached hydrogens (tertiary/aromatic N) is 1. The number of amidine groups is 1. The van der Waals surface area contributed by atoms with Crippen molar-refractivity contribution in [3.8, 4) is 11.1 Å². The molecule has 1 aliphatic carbocycles. The molecule has 2 aliphatic rings. The summed E-state index contributed by atoms with van der Waals surface area (Å²) < 4.78 is 5.43. The molecule has 0 fully saturated rings. The average molecular weight is 278 g/mol. The predicted molar refractivity (Wildman–Crippen MR) is 84.2 cm³/mol. The molecule has 0 saturated carbocycles. The molecule has 0 bridgehead atoms. The van der Waals surface area contributed by atoms with Gasteiger partial charge in [-0.2, -0.15) is 0 Å². The molecule has 2 aromatic carbocycles. The summed E-state index contributed by atoms with van der Waals surface area (Å²) in [6.45, 7) is 0.612. The molecule has 0 saturated heterocycles. The third kappa shape index (κ3) is 2.09. The fourth-order valence-electron chi connectivity index (χ4n) is 3.48. The molecule has 2 N–H and O–H groups in total. The number of nitrogens with two attached hydrogens (primary N) is 1. The van der Waals surface area contributed by atoms with Crippen molar-refractivity contribution in [1.82, 2.24) is 0 Å². The van der Waals surface area contributed by atoms with Gasteiger partial charge in [-0.25, -0.2) is 4.99 Å². The van der Waals surface area contributed by atoms with E-state index in [1.165, 1.54) is 22.3 Å². The summed E-state index contributed by atoms with van der Waals surface area (Å²) in [6, 6.07) is 17.5. The second-order valence-electron chi connectivity index (χ2n) is 5.95. The van der Waals surface area contributed by atoms with E-state index in [9.17, 15) is 0 Å². The number of ether oxygens (including phenoxy) is 1. The molecule has 0 amide bonds. The molecule has 1 atom stereocenters. The summed E-state index contributed by atoms with van der Waals surface area (Å²) in [5, 5.41) is 0. The van der Waals surface area contributed by atoms with E-state index in [2.05, 4.69) is 53.5 Å². The zero-order chi connectivity index (χ0) is 14.3. The Morgan fingerprint density at radius 3 is 2.67 bits per heavy atom. The maximum absolute atomic E-state index is 5.74. The van der Waals surface area contributed by atoms with E-state index in [-0.39, 0.29) is 5.54 Å². The Labute approximate surface area is 124 Å². The number of hydrogen-bond acceptors (Lipinski definition) is 3.